The summed E-state index contributed by atoms with van der Waals surface area (Å²) < 4.78 is 28.8. The SMILES string of the molecule is CCN(CC)C(=O)CCN(NC(=O)c1ccccc1)C1=NS(=O)(=O)c2ccccc21. The number of hydrazine groups is 1. The van der Waals surface area contributed by atoms with E-state index in [0.717, 1.165) is 0 Å². The van der Waals surface area contributed by atoms with Gasteiger partial charge < -0.3 is 4.90 Å². The van der Waals surface area contributed by atoms with E-state index in [9.17, 15) is 18.0 Å². The van der Waals surface area contributed by atoms with Gasteiger partial charge in [0.25, 0.3) is 15.9 Å². The second-order valence-corrected chi connectivity index (χ2v) is 8.23. The average molecular weight is 429 g/mol. The van der Waals surface area contributed by atoms with Crippen molar-refractivity contribution >= 4 is 27.7 Å². The molecule has 0 unspecified atom stereocenters. The normalized spacial score (nSPS) is 13.9. The fraction of sp³-hybridized carbons (Fsp3) is 0.286. The van der Waals surface area contributed by atoms with E-state index in [1.165, 1.54) is 11.1 Å². The molecule has 2 aromatic rings. The van der Waals surface area contributed by atoms with Crippen LogP contribution < -0.4 is 5.43 Å². The van der Waals surface area contributed by atoms with Crippen LogP contribution in [0.25, 0.3) is 0 Å². The lowest BCUT2D eigenvalue weighted by atomic mass is 10.2. The number of sulfonamides is 1. The maximum Gasteiger partial charge on any atom is 0.285 e. The number of carbonyl (C=O) groups excluding carboxylic acids is 2. The lowest BCUT2D eigenvalue weighted by molar-refractivity contribution is -0.131. The van der Waals surface area contributed by atoms with Gasteiger partial charge in [0.15, 0.2) is 5.84 Å². The summed E-state index contributed by atoms with van der Waals surface area (Å²) in [4.78, 5) is 27.0. The zero-order chi connectivity index (χ0) is 21.7. The van der Waals surface area contributed by atoms with Crippen LogP contribution in [0.5, 0.6) is 0 Å². The molecule has 1 aliphatic rings. The minimum Gasteiger partial charge on any atom is -0.343 e. The van der Waals surface area contributed by atoms with Crippen LogP contribution in [0.1, 0.15) is 36.2 Å². The van der Waals surface area contributed by atoms with E-state index in [1.54, 1.807) is 53.4 Å². The molecule has 0 saturated carbocycles. The summed E-state index contributed by atoms with van der Waals surface area (Å²) in [6, 6.07) is 15.0. The zero-order valence-corrected chi connectivity index (χ0v) is 17.7. The van der Waals surface area contributed by atoms with Gasteiger partial charge in [0.1, 0.15) is 4.90 Å². The monoisotopic (exact) mass is 428 g/mol. The Morgan fingerprint density at radius 2 is 1.60 bits per heavy atom. The van der Waals surface area contributed by atoms with Gasteiger partial charge in [-0.3, -0.25) is 20.0 Å². The number of amidine groups is 1. The molecule has 0 radical (unpaired) electrons. The minimum absolute atomic E-state index is 0.0778. The number of benzene rings is 2. The second kappa shape index (κ2) is 9.08. The van der Waals surface area contributed by atoms with Crippen LogP contribution in [0.3, 0.4) is 0 Å². The highest BCUT2D eigenvalue weighted by Crippen LogP contribution is 2.27. The molecule has 0 saturated heterocycles. The predicted octanol–water partition coefficient (Wildman–Crippen LogP) is 2.04. The van der Waals surface area contributed by atoms with Crippen molar-refractivity contribution in [3.8, 4) is 0 Å². The lowest BCUT2D eigenvalue weighted by Crippen LogP contribution is -2.48. The maximum absolute atomic E-state index is 12.7. The van der Waals surface area contributed by atoms with Crippen molar-refractivity contribution in [2.45, 2.75) is 25.2 Å². The number of fused-ring (bicyclic) bond motifs is 1. The van der Waals surface area contributed by atoms with Crippen molar-refractivity contribution in [3.05, 3.63) is 65.7 Å². The van der Waals surface area contributed by atoms with E-state index < -0.39 is 15.9 Å². The number of amides is 2. The van der Waals surface area contributed by atoms with Crippen LogP contribution >= 0.6 is 0 Å². The van der Waals surface area contributed by atoms with Crippen molar-refractivity contribution in [1.29, 1.82) is 0 Å². The Labute approximate surface area is 176 Å². The maximum atomic E-state index is 12.7. The average Bonchev–Trinajstić information content (AvgIpc) is 3.03. The molecule has 158 valence electrons. The quantitative estimate of drug-likeness (QED) is 0.710. The van der Waals surface area contributed by atoms with Crippen LogP contribution in [0.2, 0.25) is 0 Å². The van der Waals surface area contributed by atoms with E-state index >= 15 is 0 Å². The van der Waals surface area contributed by atoms with Gasteiger partial charge in [0, 0.05) is 37.2 Å². The first-order chi connectivity index (χ1) is 14.4. The molecule has 8 nitrogen and oxygen atoms in total. The van der Waals surface area contributed by atoms with Crippen molar-refractivity contribution in [3.63, 3.8) is 0 Å². The van der Waals surface area contributed by atoms with Crippen molar-refractivity contribution in [1.82, 2.24) is 15.3 Å². The molecule has 3 rings (SSSR count). The van der Waals surface area contributed by atoms with Crippen LogP contribution in [0.4, 0.5) is 0 Å². The van der Waals surface area contributed by atoms with Gasteiger partial charge in [-0.15, -0.1) is 4.40 Å². The lowest BCUT2D eigenvalue weighted by Gasteiger charge is -2.26. The molecule has 1 N–H and O–H groups in total. The standard InChI is InChI=1S/C21H24N4O4S/c1-3-24(4-2)19(26)14-15-25(22-21(27)16-10-6-5-7-11-16)20-17-12-8-9-13-18(17)30(28,29)23-20/h5-13H,3-4,14-15H2,1-2H3,(H,22,27). The highest BCUT2D eigenvalue weighted by Gasteiger charge is 2.32. The summed E-state index contributed by atoms with van der Waals surface area (Å²) >= 11 is 0. The van der Waals surface area contributed by atoms with Gasteiger partial charge in [-0.2, -0.15) is 8.42 Å². The van der Waals surface area contributed by atoms with E-state index in [-0.39, 0.29) is 29.6 Å². The number of hydrogen-bond donors (Lipinski definition) is 1. The van der Waals surface area contributed by atoms with Crippen molar-refractivity contribution in [2.75, 3.05) is 19.6 Å². The van der Waals surface area contributed by atoms with E-state index in [2.05, 4.69) is 9.82 Å². The molecule has 9 heteroatoms. The third kappa shape index (κ3) is 4.51. The Hall–Kier alpha value is -3.20. The highest BCUT2D eigenvalue weighted by molar-refractivity contribution is 7.90. The molecule has 0 aliphatic carbocycles. The van der Waals surface area contributed by atoms with Crippen molar-refractivity contribution in [2.24, 2.45) is 4.40 Å². The third-order valence-corrected chi connectivity index (χ3v) is 6.13. The molecular weight excluding hydrogens is 404 g/mol. The number of nitrogens with zero attached hydrogens (tertiary/aromatic N) is 3. The van der Waals surface area contributed by atoms with Crippen LogP contribution in [-0.4, -0.2) is 55.6 Å². The smallest absolute Gasteiger partial charge is 0.285 e. The van der Waals surface area contributed by atoms with Gasteiger partial charge >= 0.3 is 0 Å². The molecule has 0 bridgehead atoms. The first-order valence-corrected chi connectivity index (χ1v) is 11.2. The Morgan fingerprint density at radius 1 is 0.967 bits per heavy atom. The largest absolute Gasteiger partial charge is 0.343 e. The number of hydrogen-bond acceptors (Lipinski definition) is 5. The Kier molecular flexibility index (Phi) is 6.51. The van der Waals surface area contributed by atoms with Gasteiger partial charge in [0.05, 0.1) is 0 Å². The summed E-state index contributed by atoms with van der Waals surface area (Å²) in [7, 11) is -3.86. The predicted molar refractivity (Wildman–Crippen MR) is 113 cm³/mol. The first kappa shape index (κ1) is 21.5. The summed E-state index contributed by atoms with van der Waals surface area (Å²) in [5.74, 6) is -0.411. The molecule has 2 aromatic carbocycles. The van der Waals surface area contributed by atoms with Gasteiger partial charge in [-0.1, -0.05) is 30.3 Å². The molecule has 0 aromatic heterocycles. The highest BCUT2D eigenvalue weighted by atomic mass is 32.2. The van der Waals surface area contributed by atoms with E-state index in [4.69, 9.17) is 0 Å². The van der Waals surface area contributed by atoms with Gasteiger partial charge in [-0.05, 0) is 38.1 Å². The molecule has 0 fully saturated rings. The molecule has 2 amide bonds. The van der Waals surface area contributed by atoms with Crippen LogP contribution in [-0.2, 0) is 14.8 Å². The number of rotatable bonds is 6. The number of carbonyl (C=O) groups is 2. The van der Waals surface area contributed by atoms with Crippen LogP contribution in [0.15, 0.2) is 63.9 Å². The van der Waals surface area contributed by atoms with Crippen molar-refractivity contribution < 1.29 is 18.0 Å². The van der Waals surface area contributed by atoms with Gasteiger partial charge in [0.2, 0.25) is 5.91 Å². The number of nitrogens with one attached hydrogen (secondary N) is 1. The Balaban J connectivity index is 1.90. The molecule has 0 atom stereocenters. The van der Waals surface area contributed by atoms with Gasteiger partial charge in [-0.25, -0.2) is 0 Å². The summed E-state index contributed by atoms with van der Waals surface area (Å²) in [6.07, 6.45) is 0.0952. The fourth-order valence-corrected chi connectivity index (χ4v) is 4.43. The first-order valence-electron chi connectivity index (χ1n) is 9.73. The Bertz CT molecular complexity index is 1060. The molecule has 1 aliphatic heterocycles. The third-order valence-electron chi connectivity index (χ3n) is 4.81. The molecule has 30 heavy (non-hydrogen) atoms. The van der Waals surface area contributed by atoms with E-state index in [1.807, 2.05) is 13.8 Å². The molecule has 1 heterocycles. The molecule has 0 spiro atoms. The summed E-state index contributed by atoms with van der Waals surface area (Å²) in [5, 5.41) is 1.35. The minimum atomic E-state index is -3.86. The molecular formula is C21H24N4O4S. The van der Waals surface area contributed by atoms with E-state index in [0.29, 0.717) is 24.2 Å². The fourth-order valence-electron chi connectivity index (χ4n) is 3.22. The van der Waals surface area contributed by atoms with Crippen LogP contribution in [0, 0.1) is 0 Å². The summed E-state index contributed by atoms with van der Waals surface area (Å²) in [5.41, 5.74) is 3.51. The Morgan fingerprint density at radius 3 is 2.27 bits per heavy atom. The summed E-state index contributed by atoms with van der Waals surface area (Å²) in [6.45, 7) is 5.00. The topological polar surface area (TPSA) is 99.2 Å². The zero-order valence-electron chi connectivity index (χ0n) is 16.9. The second-order valence-electron chi connectivity index (χ2n) is 6.66.